The summed E-state index contributed by atoms with van der Waals surface area (Å²) in [5.74, 6) is -0.104. The van der Waals surface area contributed by atoms with E-state index >= 15 is 0 Å². The van der Waals surface area contributed by atoms with Crippen LogP contribution in [0.25, 0.3) is 22.5 Å². The molecule has 0 atom stereocenters. The van der Waals surface area contributed by atoms with E-state index in [4.69, 9.17) is 10.2 Å². The summed E-state index contributed by atoms with van der Waals surface area (Å²) in [6.07, 6.45) is 6.61. The number of amides is 1. The molecule has 0 fully saturated rings. The van der Waals surface area contributed by atoms with Crippen LogP contribution >= 0.6 is 0 Å². The van der Waals surface area contributed by atoms with Crippen molar-refractivity contribution in [2.75, 3.05) is 5.73 Å². The van der Waals surface area contributed by atoms with Gasteiger partial charge in [0, 0.05) is 24.8 Å². The van der Waals surface area contributed by atoms with Gasteiger partial charge in [0.25, 0.3) is 5.91 Å². The summed E-state index contributed by atoms with van der Waals surface area (Å²) in [6, 6.07) is 3.89. The van der Waals surface area contributed by atoms with E-state index in [9.17, 15) is 4.79 Å². The number of hydrogen-bond donors (Lipinski definition) is 2. The second-order valence-electron chi connectivity index (χ2n) is 6.03. The number of pyridine rings is 1. The number of nitrogens with zero attached hydrogens (tertiary/aromatic N) is 5. The lowest BCUT2D eigenvalue weighted by Crippen LogP contribution is -2.26. The molecule has 0 saturated heterocycles. The lowest BCUT2D eigenvalue weighted by molar-refractivity contribution is 0.0946. The van der Waals surface area contributed by atoms with Crippen LogP contribution in [-0.2, 0) is 13.6 Å². The van der Waals surface area contributed by atoms with Crippen LogP contribution in [0.5, 0.6) is 0 Å². The predicted octanol–water partition coefficient (Wildman–Crippen LogP) is 1.84. The lowest BCUT2D eigenvalue weighted by atomic mass is 10.2. The molecule has 0 aliphatic rings. The van der Waals surface area contributed by atoms with Gasteiger partial charge in [-0.05, 0) is 19.1 Å². The number of nitrogens with one attached hydrogen (secondary N) is 1. The topological polar surface area (TPSA) is 125 Å². The highest BCUT2D eigenvalue weighted by Crippen LogP contribution is 2.21. The van der Waals surface area contributed by atoms with Crippen LogP contribution in [0.3, 0.4) is 0 Å². The van der Waals surface area contributed by atoms with Crippen molar-refractivity contribution in [1.82, 2.24) is 29.8 Å². The SMILES string of the molecule is Cc1nc(C(=O)NCc2nccc3c2ccn3C)c(N)nc1-c1ncco1. The number of oxazole rings is 1. The maximum Gasteiger partial charge on any atom is 0.274 e. The molecule has 0 aromatic carbocycles. The molecule has 4 heterocycles. The van der Waals surface area contributed by atoms with Gasteiger partial charge in [-0.3, -0.25) is 9.78 Å². The van der Waals surface area contributed by atoms with E-state index < -0.39 is 5.91 Å². The van der Waals surface area contributed by atoms with E-state index in [1.54, 1.807) is 13.1 Å². The molecule has 4 rings (SSSR count). The number of rotatable bonds is 4. The zero-order chi connectivity index (χ0) is 19.0. The third-order valence-corrected chi connectivity index (χ3v) is 4.26. The van der Waals surface area contributed by atoms with Crippen molar-refractivity contribution in [3.05, 3.63) is 54.1 Å². The fourth-order valence-electron chi connectivity index (χ4n) is 2.89. The fourth-order valence-corrected chi connectivity index (χ4v) is 2.89. The van der Waals surface area contributed by atoms with E-state index in [0.717, 1.165) is 16.6 Å². The van der Waals surface area contributed by atoms with Gasteiger partial charge >= 0.3 is 0 Å². The second kappa shape index (κ2) is 6.52. The minimum Gasteiger partial charge on any atom is -0.443 e. The molecule has 9 nitrogen and oxygen atoms in total. The number of anilines is 1. The van der Waals surface area contributed by atoms with E-state index in [0.29, 0.717) is 17.3 Å². The van der Waals surface area contributed by atoms with Gasteiger partial charge in [0.15, 0.2) is 11.5 Å². The van der Waals surface area contributed by atoms with Crippen molar-refractivity contribution in [2.24, 2.45) is 7.05 Å². The first-order chi connectivity index (χ1) is 13.0. The summed E-state index contributed by atoms with van der Waals surface area (Å²) in [4.78, 5) is 29.5. The Morgan fingerprint density at radius 3 is 2.89 bits per heavy atom. The molecule has 0 saturated carbocycles. The van der Waals surface area contributed by atoms with Crippen LogP contribution in [0.1, 0.15) is 21.9 Å². The summed E-state index contributed by atoms with van der Waals surface area (Å²) in [5, 5.41) is 3.79. The molecule has 0 aliphatic heterocycles. The number of hydrogen-bond acceptors (Lipinski definition) is 7. The largest absolute Gasteiger partial charge is 0.443 e. The Morgan fingerprint density at radius 2 is 2.11 bits per heavy atom. The smallest absolute Gasteiger partial charge is 0.274 e. The Bertz CT molecular complexity index is 1130. The zero-order valence-corrected chi connectivity index (χ0v) is 14.8. The number of nitrogen functional groups attached to an aromatic ring is 1. The van der Waals surface area contributed by atoms with Gasteiger partial charge in [-0.15, -0.1) is 0 Å². The Kier molecular flexibility index (Phi) is 4.03. The van der Waals surface area contributed by atoms with Crippen LogP contribution in [0, 0.1) is 6.92 Å². The molecule has 0 unspecified atom stereocenters. The van der Waals surface area contributed by atoms with E-state index in [1.165, 1.54) is 12.5 Å². The van der Waals surface area contributed by atoms with Gasteiger partial charge in [-0.25, -0.2) is 15.0 Å². The summed E-state index contributed by atoms with van der Waals surface area (Å²) in [5.41, 5.74) is 8.71. The highest BCUT2D eigenvalue weighted by molar-refractivity contribution is 5.96. The van der Waals surface area contributed by atoms with E-state index in [-0.39, 0.29) is 18.1 Å². The Hall–Kier alpha value is -3.75. The molecule has 4 aromatic rings. The summed E-state index contributed by atoms with van der Waals surface area (Å²) in [7, 11) is 1.96. The molecule has 0 aliphatic carbocycles. The van der Waals surface area contributed by atoms with Crippen LogP contribution < -0.4 is 11.1 Å². The van der Waals surface area contributed by atoms with Crippen LogP contribution in [0.4, 0.5) is 5.82 Å². The van der Waals surface area contributed by atoms with Gasteiger partial charge in [-0.1, -0.05) is 0 Å². The Labute approximate surface area is 154 Å². The summed E-state index contributed by atoms with van der Waals surface area (Å²) >= 11 is 0. The number of aryl methyl sites for hydroxylation is 2. The Balaban J connectivity index is 1.57. The highest BCUT2D eigenvalue weighted by Gasteiger charge is 2.19. The van der Waals surface area contributed by atoms with Crippen molar-refractivity contribution in [1.29, 1.82) is 0 Å². The van der Waals surface area contributed by atoms with Crippen molar-refractivity contribution in [2.45, 2.75) is 13.5 Å². The zero-order valence-electron chi connectivity index (χ0n) is 14.8. The highest BCUT2D eigenvalue weighted by atomic mass is 16.3. The first kappa shape index (κ1) is 16.7. The first-order valence-electron chi connectivity index (χ1n) is 8.25. The predicted molar refractivity (Wildman–Crippen MR) is 98.6 cm³/mol. The molecule has 1 amide bonds. The van der Waals surface area contributed by atoms with Gasteiger partial charge in [-0.2, -0.15) is 0 Å². The van der Waals surface area contributed by atoms with Crippen LogP contribution in [0.2, 0.25) is 0 Å². The first-order valence-corrected chi connectivity index (χ1v) is 8.25. The monoisotopic (exact) mass is 363 g/mol. The molecule has 136 valence electrons. The summed E-state index contributed by atoms with van der Waals surface area (Å²) in [6.45, 7) is 1.97. The fraction of sp³-hybridized carbons (Fsp3) is 0.167. The molecule has 0 radical (unpaired) electrons. The van der Waals surface area contributed by atoms with Crippen molar-refractivity contribution in [3.63, 3.8) is 0 Å². The van der Waals surface area contributed by atoms with Crippen LogP contribution in [0.15, 0.2) is 41.4 Å². The van der Waals surface area contributed by atoms with Crippen molar-refractivity contribution < 1.29 is 9.21 Å². The quantitative estimate of drug-likeness (QED) is 0.567. The number of fused-ring (bicyclic) bond motifs is 1. The standard InChI is InChI=1S/C18H17N7O2/c1-10-14(18-21-6-8-27-18)24-16(19)15(23-10)17(26)22-9-12-11-4-7-25(2)13(11)3-5-20-12/h3-8H,9H2,1-2H3,(H2,19,24)(H,22,26). The molecule has 0 bridgehead atoms. The van der Waals surface area contributed by atoms with Gasteiger partial charge in [0.1, 0.15) is 12.0 Å². The minimum atomic E-state index is -0.420. The third-order valence-electron chi connectivity index (χ3n) is 4.26. The molecular weight excluding hydrogens is 346 g/mol. The maximum absolute atomic E-state index is 12.6. The minimum absolute atomic E-state index is 0.0113. The average molecular weight is 363 g/mol. The van der Waals surface area contributed by atoms with E-state index in [2.05, 4.69) is 25.3 Å². The Morgan fingerprint density at radius 1 is 1.26 bits per heavy atom. The average Bonchev–Trinajstić information content (AvgIpc) is 3.32. The van der Waals surface area contributed by atoms with Crippen molar-refractivity contribution >= 4 is 22.6 Å². The molecular formula is C18H17N7O2. The second-order valence-corrected chi connectivity index (χ2v) is 6.03. The summed E-state index contributed by atoms with van der Waals surface area (Å²) < 4.78 is 7.22. The molecule has 4 aromatic heterocycles. The number of carbonyl (C=O) groups excluding carboxylic acids is 1. The molecule has 9 heteroatoms. The molecule has 27 heavy (non-hydrogen) atoms. The number of aromatic nitrogens is 5. The van der Waals surface area contributed by atoms with Gasteiger partial charge in [0.2, 0.25) is 5.89 Å². The number of carbonyl (C=O) groups is 1. The lowest BCUT2D eigenvalue weighted by Gasteiger charge is -2.09. The maximum atomic E-state index is 12.6. The molecule has 0 spiro atoms. The van der Waals surface area contributed by atoms with Gasteiger partial charge in [0.05, 0.1) is 29.6 Å². The van der Waals surface area contributed by atoms with Crippen LogP contribution in [-0.4, -0.2) is 30.4 Å². The number of nitrogens with two attached hydrogens (primary N) is 1. The van der Waals surface area contributed by atoms with E-state index in [1.807, 2.05) is 29.9 Å². The molecule has 3 N–H and O–H groups in total. The normalized spacial score (nSPS) is 11.0. The van der Waals surface area contributed by atoms with Gasteiger partial charge < -0.3 is 20.0 Å². The van der Waals surface area contributed by atoms with Crippen molar-refractivity contribution in [3.8, 4) is 11.6 Å². The third kappa shape index (κ3) is 2.99.